The zero-order valence-corrected chi connectivity index (χ0v) is 16.2. The van der Waals surface area contributed by atoms with Crippen LogP contribution in [0.5, 0.6) is 5.75 Å². The average molecular weight is 377 g/mol. The number of benzene rings is 1. The van der Waals surface area contributed by atoms with Gasteiger partial charge in [-0.25, -0.2) is 9.78 Å². The van der Waals surface area contributed by atoms with E-state index in [0.717, 1.165) is 4.88 Å². The Labute approximate surface area is 156 Å². The molecule has 2 rings (SSSR count). The Morgan fingerprint density at radius 2 is 1.85 bits per heavy atom. The van der Waals surface area contributed by atoms with Crippen molar-refractivity contribution in [3.05, 3.63) is 34.8 Å². The second kappa shape index (κ2) is 7.74. The van der Waals surface area contributed by atoms with E-state index in [2.05, 4.69) is 15.6 Å². The van der Waals surface area contributed by atoms with E-state index in [1.165, 1.54) is 17.4 Å². The smallest absolute Gasteiger partial charge is 0.413 e. The van der Waals surface area contributed by atoms with Gasteiger partial charge in [0.1, 0.15) is 17.0 Å². The molecule has 1 aromatic carbocycles. The Kier molecular flexibility index (Phi) is 5.86. The molecule has 0 saturated heterocycles. The quantitative estimate of drug-likeness (QED) is 0.678. The number of para-hydroxylation sites is 2. The number of carbonyl (C=O) groups is 2. The number of carbonyl (C=O) groups excluding carboxylic acids is 2. The number of thiazole rings is 1. The number of nitrogens with one attached hydrogen (secondary N) is 2. The number of rotatable bonds is 4. The Morgan fingerprint density at radius 3 is 2.42 bits per heavy atom. The van der Waals surface area contributed by atoms with E-state index in [9.17, 15) is 14.7 Å². The highest BCUT2D eigenvalue weighted by atomic mass is 32.1. The van der Waals surface area contributed by atoms with Crippen LogP contribution in [0.3, 0.4) is 0 Å². The van der Waals surface area contributed by atoms with Crippen LogP contribution in [0.15, 0.2) is 24.3 Å². The third-order valence-electron chi connectivity index (χ3n) is 3.15. The first-order chi connectivity index (χ1) is 12.1. The molecular formula is C18H23N3O4S. The number of phenolic OH excluding ortho intramolecular Hbond substituents is 1. The second-order valence-electron chi connectivity index (χ2n) is 6.98. The lowest BCUT2D eigenvalue weighted by Crippen LogP contribution is -2.27. The number of phenols is 1. The molecule has 0 spiro atoms. The fourth-order valence-electron chi connectivity index (χ4n) is 2.09. The van der Waals surface area contributed by atoms with E-state index in [4.69, 9.17) is 4.74 Å². The fourth-order valence-corrected chi connectivity index (χ4v) is 3.04. The Hall–Kier alpha value is -2.61. The SMILES string of the molecule is CC(C)c1sc(NC(=O)OC(C)(C)C)nc1C(=O)Nc1ccccc1O. The van der Waals surface area contributed by atoms with Gasteiger partial charge in [0.25, 0.3) is 5.91 Å². The van der Waals surface area contributed by atoms with Crippen molar-refractivity contribution in [3.8, 4) is 5.75 Å². The minimum Gasteiger partial charge on any atom is -0.506 e. The van der Waals surface area contributed by atoms with Gasteiger partial charge in [-0.05, 0) is 38.8 Å². The molecule has 0 aliphatic heterocycles. The molecule has 0 aliphatic rings. The van der Waals surface area contributed by atoms with Crippen LogP contribution in [0.4, 0.5) is 15.6 Å². The van der Waals surface area contributed by atoms with Gasteiger partial charge >= 0.3 is 6.09 Å². The summed E-state index contributed by atoms with van der Waals surface area (Å²) in [4.78, 5) is 29.5. The van der Waals surface area contributed by atoms with Crippen molar-refractivity contribution in [2.45, 2.75) is 46.1 Å². The summed E-state index contributed by atoms with van der Waals surface area (Å²) < 4.78 is 5.21. The summed E-state index contributed by atoms with van der Waals surface area (Å²) in [7, 11) is 0. The Morgan fingerprint density at radius 1 is 1.19 bits per heavy atom. The number of aromatic hydroxyl groups is 1. The predicted octanol–water partition coefficient (Wildman–Crippen LogP) is 4.57. The van der Waals surface area contributed by atoms with E-state index in [1.807, 2.05) is 13.8 Å². The second-order valence-corrected chi connectivity index (χ2v) is 8.02. The number of ether oxygens (including phenoxy) is 1. The van der Waals surface area contributed by atoms with Crippen molar-refractivity contribution >= 4 is 34.2 Å². The average Bonchev–Trinajstić information content (AvgIpc) is 2.91. The van der Waals surface area contributed by atoms with Crippen molar-refractivity contribution in [2.24, 2.45) is 0 Å². The number of amides is 2. The minimum atomic E-state index is -0.632. The minimum absolute atomic E-state index is 0.0331. The molecule has 26 heavy (non-hydrogen) atoms. The molecule has 0 bridgehead atoms. The van der Waals surface area contributed by atoms with Gasteiger partial charge in [-0.1, -0.05) is 26.0 Å². The summed E-state index contributed by atoms with van der Waals surface area (Å²) in [6.07, 6.45) is -0.630. The van der Waals surface area contributed by atoms with Gasteiger partial charge in [0, 0.05) is 4.88 Å². The molecule has 1 heterocycles. The maximum absolute atomic E-state index is 12.6. The molecule has 2 amide bonds. The molecular weight excluding hydrogens is 354 g/mol. The lowest BCUT2D eigenvalue weighted by atomic mass is 10.1. The summed E-state index contributed by atoms with van der Waals surface area (Å²) in [6, 6.07) is 6.44. The van der Waals surface area contributed by atoms with Gasteiger partial charge in [0.15, 0.2) is 5.13 Å². The zero-order valence-electron chi connectivity index (χ0n) is 15.4. The van der Waals surface area contributed by atoms with Gasteiger partial charge in [0.2, 0.25) is 0 Å². The Bertz CT molecular complexity index is 809. The molecule has 8 heteroatoms. The lowest BCUT2D eigenvalue weighted by molar-refractivity contribution is 0.0635. The number of aromatic nitrogens is 1. The molecule has 0 aliphatic carbocycles. The summed E-state index contributed by atoms with van der Waals surface area (Å²) in [5.41, 5.74) is -0.131. The van der Waals surface area contributed by atoms with Gasteiger partial charge in [-0.2, -0.15) is 0 Å². The van der Waals surface area contributed by atoms with Gasteiger partial charge in [0.05, 0.1) is 5.69 Å². The molecule has 140 valence electrons. The van der Waals surface area contributed by atoms with E-state index < -0.39 is 17.6 Å². The van der Waals surface area contributed by atoms with Crippen molar-refractivity contribution < 1.29 is 19.4 Å². The zero-order chi connectivity index (χ0) is 19.5. The topological polar surface area (TPSA) is 101 Å². The Balaban J connectivity index is 2.22. The normalized spacial score (nSPS) is 11.3. The first kappa shape index (κ1) is 19.7. The van der Waals surface area contributed by atoms with E-state index >= 15 is 0 Å². The fraction of sp³-hybridized carbons (Fsp3) is 0.389. The van der Waals surface area contributed by atoms with Crippen LogP contribution < -0.4 is 10.6 Å². The van der Waals surface area contributed by atoms with Crippen LogP contribution in [0.25, 0.3) is 0 Å². The third-order valence-corrected chi connectivity index (χ3v) is 4.42. The van der Waals surface area contributed by atoms with Crippen LogP contribution in [0.1, 0.15) is 55.9 Å². The summed E-state index contributed by atoms with van der Waals surface area (Å²) >= 11 is 1.22. The molecule has 2 aromatic rings. The van der Waals surface area contributed by atoms with Crippen molar-refractivity contribution in [1.29, 1.82) is 0 Å². The monoisotopic (exact) mass is 377 g/mol. The molecule has 0 fully saturated rings. The van der Waals surface area contributed by atoms with Gasteiger partial charge < -0.3 is 15.2 Å². The van der Waals surface area contributed by atoms with E-state index in [-0.39, 0.29) is 22.5 Å². The highest BCUT2D eigenvalue weighted by Gasteiger charge is 2.23. The lowest BCUT2D eigenvalue weighted by Gasteiger charge is -2.18. The van der Waals surface area contributed by atoms with Crippen LogP contribution in [-0.4, -0.2) is 27.7 Å². The first-order valence-corrected chi connectivity index (χ1v) is 8.98. The highest BCUT2D eigenvalue weighted by Crippen LogP contribution is 2.31. The number of anilines is 2. The molecule has 0 atom stereocenters. The number of nitrogens with zero attached hydrogens (tertiary/aromatic N) is 1. The number of hydrogen-bond acceptors (Lipinski definition) is 6. The number of hydrogen-bond donors (Lipinski definition) is 3. The summed E-state index contributed by atoms with van der Waals surface area (Å²) in [5.74, 6) is -0.454. The van der Waals surface area contributed by atoms with Gasteiger partial charge in [-0.15, -0.1) is 11.3 Å². The molecule has 0 radical (unpaired) electrons. The van der Waals surface area contributed by atoms with Crippen LogP contribution in [-0.2, 0) is 4.74 Å². The molecule has 1 aromatic heterocycles. The van der Waals surface area contributed by atoms with Crippen LogP contribution in [0, 0.1) is 0 Å². The third kappa shape index (κ3) is 5.19. The van der Waals surface area contributed by atoms with Crippen LogP contribution in [0.2, 0.25) is 0 Å². The predicted molar refractivity (Wildman–Crippen MR) is 102 cm³/mol. The maximum atomic E-state index is 12.6. The van der Waals surface area contributed by atoms with Gasteiger partial charge in [-0.3, -0.25) is 10.1 Å². The largest absolute Gasteiger partial charge is 0.506 e. The molecule has 7 nitrogen and oxygen atoms in total. The van der Waals surface area contributed by atoms with Crippen molar-refractivity contribution in [2.75, 3.05) is 10.6 Å². The molecule has 3 N–H and O–H groups in total. The van der Waals surface area contributed by atoms with E-state index in [0.29, 0.717) is 5.69 Å². The standard InChI is InChI=1S/C18H23N3O4S/c1-10(2)14-13(15(23)19-11-8-6-7-9-12(11)22)20-16(26-14)21-17(24)25-18(3,4)5/h6-10,22H,1-5H3,(H,19,23)(H,20,21,24). The maximum Gasteiger partial charge on any atom is 0.413 e. The van der Waals surface area contributed by atoms with E-state index in [1.54, 1.807) is 39.0 Å². The van der Waals surface area contributed by atoms with Crippen LogP contribution >= 0.6 is 11.3 Å². The summed E-state index contributed by atoms with van der Waals surface area (Å²) in [6.45, 7) is 9.15. The highest BCUT2D eigenvalue weighted by molar-refractivity contribution is 7.16. The molecule has 0 saturated carbocycles. The first-order valence-electron chi connectivity index (χ1n) is 8.17. The van der Waals surface area contributed by atoms with Crippen molar-refractivity contribution in [3.63, 3.8) is 0 Å². The molecule has 0 unspecified atom stereocenters. The summed E-state index contributed by atoms with van der Waals surface area (Å²) in [5, 5.41) is 15.3. The van der Waals surface area contributed by atoms with Crippen molar-refractivity contribution in [1.82, 2.24) is 4.98 Å².